The number of benzene rings is 1. The van der Waals surface area contributed by atoms with Crippen LogP contribution in [0.1, 0.15) is 11.1 Å². The fraction of sp³-hybridized carbons (Fsp3) is 0.182. The lowest BCUT2D eigenvalue weighted by molar-refractivity contribution is 0.617. The zero-order chi connectivity index (χ0) is 11.7. The topological polar surface area (TPSA) is 17.8 Å². The Morgan fingerprint density at radius 3 is 2.88 bits per heavy atom. The van der Waals surface area contributed by atoms with Crippen molar-refractivity contribution < 1.29 is 4.39 Å². The zero-order valence-electron chi connectivity index (χ0n) is 8.54. The number of hydrogen-bond acceptors (Lipinski definition) is 1. The molecule has 0 aliphatic heterocycles. The maximum Gasteiger partial charge on any atom is 0.137 e. The molecule has 16 heavy (non-hydrogen) atoms. The SMILES string of the molecule is Cc1ccc(F)cc1Cn1cc(Br)c(I)n1. The van der Waals surface area contributed by atoms with Crippen LogP contribution >= 0.6 is 38.5 Å². The predicted octanol–water partition coefficient (Wildman–Crippen LogP) is 3.75. The van der Waals surface area contributed by atoms with Crippen LogP contribution in [0.25, 0.3) is 0 Å². The zero-order valence-corrected chi connectivity index (χ0v) is 12.3. The third-order valence-electron chi connectivity index (χ3n) is 2.32. The van der Waals surface area contributed by atoms with Gasteiger partial charge in [0, 0.05) is 6.20 Å². The molecule has 0 radical (unpaired) electrons. The number of aromatic nitrogens is 2. The highest BCUT2D eigenvalue weighted by Gasteiger charge is 2.05. The molecule has 2 aromatic rings. The summed E-state index contributed by atoms with van der Waals surface area (Å²) in [6.07, 6.45) is 1.89. The molecule has 0 atom stereocenters. The molecule has 1 heterocycles. The lowest BCUT2D eigenvalue weighted by atomic mass is 10.1. The molecule has 0 spiro atoms. The van der Waals surface area contributed by atoms with E-state index >= 15 is 0 Å². The van der Waals surface area contributed by atoms with Crippen molar-refractivity contribution in [1.29, 1.82) is 0 Å². The first-order valence-corrected chi connectivity index (χ1v) is 6.57. The molecule has 1 aromatic carbocycles. The number of nitrogens with zero attached hydrogens (tertiary/aromatic N) is 2. The van der Waals surface area contributed by atoms with E-state index in [0.29, 0.717) is 6.54 Å². The minimum atomic E-state index is -0.207. The van der Waals surface area contributed by atoms with E-state index in [1.54, 1.807) is 16.8 Å². The maximum absolute atomic E-state index is 13.1. The van der Waals surface area contributed by atoms with Gasteiger partial charge in [0.05, 0.1) is 11.0 Å². The van der Waals surface area contributed by atoms with Crippen molar-refractivity contribution in [1.82, 2.24) is 9.78 Å². The van der Waals surface area contributed by atoms with Gasteiger partial charge >= 0.3 is 0 Å². The van der Waals surface area contributed by atoms with Gasteiger partial charge in [0.15, 0.2) is 0 Å². The van der Waals surface area contributed by atoms with Gasteiger partial charge in [-0.05, 0) is 68.7 Å². The van der Waals surface area contributed by atoms with E-state index in [1.165, 1.54) is 6.07 Å². The Balaban J connectivity index is 2.29. The molecule has 0 saturated heterocycles. The average molecular weight is 395 g/mol. The van der Waals surface area contributed by atoms with Gasteiger partial charge < -0.3 is 0 Å². The van der Waals surface area contributed by atoms with Crippen LogP contribution in [0.2, 0.25) is 0 Å². The van der Waals surface area contributed by atoms with Crippen molar-refractivity contribution in [3.63, 3.8) is 0 Å². The van der Waals surface area contributed by atoms with Gasteiger partial charge in [0.1, 0.15) is 9.52 Å². The second-order valence-electron chi connectivity index (χ2n) is 3.54. The van der Waals surface area contributed by atoms with Crippen molar-refractivity contribution in [2.24, 2.45) is 0 Å². The normalized spacial score (nSPS) is 10.8. The Morgan fingerprint density at radius 2 is 2.25 bits per heavy atom. The van der Waals surface area contributed by atoms with Gasteiger partial charge in [-0.1, -0.05) is 6.07 Å². The first-order chi connectivity index (χ1) is 7.56. The molecule has 0 amide bonds. The summed E-state index contributed by atoms with van der Waals surface area (Å²) >= 11 is 5.55. The fourth-order valence-electron chi connectivity index (χ4n) is 1.44. The molecular formula is C11H9BrFIN2. The maximum atomic E-state index is 13.1. The largest absolute Gasteiger partial charge is 0.266 e. The molecule has 2 rings (SSSR count). The molecule has 0 bridgehead atoms. The first-order valence-electron chi connectivity index (χ1n) is 4.70. The second-order valence-corrected chi connectivity index (χ2v) is 5.41. The summed E-state index contributed by atoms with van der Waals surface area (Å²) in [5.41, 5.74) is 2.02. The van der Waals surface area contributed by atoms with Crippen molar-refractivity contribution in [2.45, 2.75) is 13.5 Å². The average Bonchev–Trinajstić information content (AvgIpc) is 2.52. The lowest BCUT2D eigenvalue weighted by Crippen LogP contribution is -2.02. The second kappa shape index (κ2) is 4.83. The van der Waals surface area contributed by atoms with E-state index in [1.807, 2.05) is 13.1 Å². The van der Waals surface area contributed by atoms with E-state index in [9.17, 15) is 4.39 Å². The summed E-state index contributed by atoms with van der Waals surface area (Å²) in [5.74, 6) is -0.207. The van der Waals surface area contributed by atoms with Gasteiger partial charge in [0.2, 0.25) is 0 Å². The highest BCUT2D eigenvalue weighted by atomic mass is 127. The molecule has 0 unspecified atom stereocenters. The molecule has 5 heteroatoms. The lowest BCUT2D eigenvalue weighted by Gasteiger charge is -2.05. The third kappa shape index (κ3) is 2.63. The highest BCUT2D eigenvalue weighted by Crippen LogP contribution is 2.18. The van der Waals surface area contributed by atoms with Gasteiger partial charge in [-0.2, -0.15) is 5.10 Å². The van der Waals surface area contributed by atoms with Crippen molar-refractivity contribution >= 4 is 38.5 Å². The van der Waals surface area contributed by atoms with Crippen LogP contribution < -0.4 is 0 Å². The van der Waals surface area contributed by atoms with Crippen molar-refractivity contribution in [3.8, 4) is 0 Å². The van der Waals surface area contributed by atoms with E-state index in [0.717, 1.165) is 19.3 Å². The Morgan fingerprint density at radius 1 is 1.50 bits per heavy atom. The molecule has 2 nitrogen and oxygen atoms in total. The molecule has 0 N–H and O–H groups in total. The fourth-order valence-corrected chi connectivity index (χ4v) is 2.17. The molecule has 1 aromatic heterocycles. The van der Waals surface area contributed by atoms with Crippen LogP contribution in [0.15, 0.2) is 28.9 Å². The molecular weight excluding hydrogens is 386 g/mol. The molecule has 0 saturated carbocycles. The van der Waals surface area contributed by atoms with Gasteiger partial charge in [0.25, 0.3) is 0 Å². The van der Waals surface area contributed by atoms with Crippen LogP contribution in [0.4, 0.5) is 4.39 Å². The molecule has 0 aliphatic rings. The Hall–Kier alpha value is -0.430. The number of aryl methyl sites for hydroxylation is 1. The molecule has 84 valence electrons. The predicted molar refractivity (Wildman–Crippen MR) is 72.9 cm³/mol. The van der Waals surface area contributed by atoms with Gasteiger partial charge in [-0.3, -0.25) is 4.68 Å². The van der Waals surface area contributed by atoms with Crippen LogP contribution in [-0.2, 0) is 6.54 Å². The summed E-state index contributed by atoms with van der Waals surface area (Å²) in [7, 11) is 0. The van der Waals surface area contributed by atoms with Gasteiger partial charge in [-0.25, -0.2) is 4.39 Å². The first kappa shape index (κ1) is 12.0. The summed E-state index contributed by atoms with van der Waals surface area (Å²) in [6.45, 7) is 2.56. The van der Waals surface area contributed by atoms with Crippen LogP contribution in [0.3, 0.4) is 0 Å². The van der Waals surface area contributed by atoms with E-state index in [-0.39, 0.29) is 5.82 Å². The Bertz CT molecular complexity index is 505. The summed E-state index contributed by atoms with van der Waals surface area (Å²) in [5, 5.41) is 4.31. The summed E-state index contributed by atoms with van der Waals surface area (Å²) < 4.78 is 16.8. The van der Waals surface area contributed by atoms with E-state index in [2.05, 4.69) is 43.6 Å². The van der Waals surface area contributed by atoms with E-state index in [4.69, 9.17) is 0 Å². The number of halogens is 3. The smallest absolute Gasteiger partial charge is 0.137 e. The summed E-state index contributed by atoms with van der Waals surface area (Å²) in [4.78, 5) is 0. The van der Waals surface area contributed by atoms with E-state index < -0.39 is 0 Å². The quantitative estimate of drug-likeness (QED) is 0.709. The molecule has 0 fully saturated rings. The van der Waals surface area contributed by atoms with Crippen LogP contribution in [-0.4, -0.2) is 9.78 Å². The Kier molecular flexibility index (Phi) is 3.63. The van der Waals surface area contributed by atoms with Crippen molar-refractivity contribution in [3.05, 3.63) is 49.5 Å². The third-order valence-corrected chi connectivity index (χ3v) is 4.44. The molecule has 0 aliphatic carbocycles. The number of hydrogen-bond donors (Lipinski definition) is 0. The van der Waals surface area contributed by atoms with Gasteiger partial charge in [-0.15, -0.1) is 0 Å². The monoisotopic (exact) mass is 394 g/mol. The van der Waals surface area contributed by atoms with Crippen LogP contribution in [0, 0.1) is 16.4 Å². The minimum Gasteiger partial charge on any atom is -0.266 e. The van der Waals surface area contributed by atoms with Crippen LogP contribution in [0.5, 0.6) is 0 Å². The Labute approximate surface area is 115 Å². The highest BCUT2D eigenvalue weighted by molar-refractivity contribution is 14.1. The standard InChI is InChI=1S/C11H9BrFIN2/c1-7-2-3-9(13)4-8(7)5-16-6-10(12)11(14)15-16/h2-4,6H,5H2,1H3. The number of rotatable bonds is 2. The van der Waals surface area contributed by atoms with Crippen molar-refractivity contribution in [2.75, 3.05) is 0 Å². The summed E-state index contributed by atoms with van der Waals surface area (Å²) in [6, 6.07) is 4.81. The minimum absolute atomic E-state index is 0.207.